The summed E-state index contributed by atoms with van der Waals surface area (Å²) in [7, 11) is 1.71. The average Bonchev–Trinajstić information content (AvgIpc) is 2.99. The average molecular weight is 267 g/mol. The topological polar surface area (TPSA) is 69.4 Å². The molecule has 3 heterocycles. The molecule has 0 amide bonds. The van der Waals surface area contributed by atoms with Crippen LogP contribution in [0, 0.1) is 0 Å². The lowest BCUT2D eigenvalue weighted by Crippen LogP contribution is -2.36. The van der Waals surface area contributed by atoms with Crippen molar-refractivity contribution in [2.24, 2.45) is 0 Å². The van der Waals surface area contributed by atoms with Crippen LogP contribution in [0.5, 0.6) is 0 Å². The van der Waals surface area contributed by atoms with Crippen LogP contribution in [0.15, 0.2) is 4.52 Å². The number of nitrogens with zero attached hydrogens (tertiary/aromatic N) is 2. The lowest BCUT2D eigenvalue weighted by atomic mass is 9.93. The molecule has 6 nitrogen and oxygen atoms in total. The highest BCUT2D eigenvalue weighted by Crippen LogP contribution is 2.35. The van der Waals surface area contributed by atoms with E-state index in [1.807, 2.05) is 0 Å². The fraction of sp³-hybridized carbons (Fsp3) is 0.846. The number of aromatic nitrogens is 2. The number of rotatable bonds is 3. The second-order valence-electron chi connectivity index (χ2n) is 5.29. The molecule has 0 aliphatic carbocycles. The summed E-state index contributed by atoms with van der Waals surface area (Å²) in [5.41, 5.74) is -0.424. The molecule has 6 heteroatoms. The summed E-state index contributed by atoms with van der Waals surface area (Å²) < 4.78 is 16.6. The van der Waals surface area contributed by atoms with Crippen molar-refractivity contribution < 1.29 is 14.0 Å². The van der Waals surface area contributed by atoms with Crippen molar-refractivity contribution in [1.82, 2.24) is 15.5 Å². The van der Waals surface area contributed by atoms with E-state index in [1.165, 1.54) is 0 Å². The Morgan fingerprint density at radius 1 is 1.26 bits per heavy atom. The molecule has 2 fully saturated rings. The Hall–Kier alpha value is -0.980. The van der Waals surface area contributed by atoms with Gasteiger partial charge in [0.25, 0.3) is 0 Å². The molecule has 1 aromatic rings. The van der Waals surface area contributed by atoms with Gasteiger partial charge in [0, 0.05) is 39.1 Å². The van der Waals surface area contributed by atoms with Crippen LogP contribution < -0.4 is 5.32 Å². The second kappa shape index (κ2) is 5.56. The molecule has 0 atom stereocenters. The van der Waals surface area contributed by atoms with Crippen LogP contribution in [0.1, 0.15) is 43.3 Å². The fourth-order valence-corrected chi connectivity index (χ4v) is 2.88. The fourth-order valence-electron chi connectivity index (χ4n) is 2.88. The Kier molecular flexibility index (Phi) is 3.81. The van der Waals surface area contributed by atoms with Gasteiger partial charge in [-0.15, -0.1) is 0 Å². The Morgan fingerprint density at radius 2 is 2.00 bits per heavy atom. The molecule has 0 unspecified atom stereocenters. The predicted octanol–water partition coefficient (Wildman–Crippen LogP) is 1.19. The van der Waals surface area contributed by atoms with Gasteiger partial charge in [0.05, 0.1) is 0 Å². The molecule has 106 valence electrons. The molecule has 0 bridgehead atoms. The van der Waals surface area contributed by atoms with Gasteiger partial charge in [0.1, 0.15) is 5.60 Å². The third kappa shape index (κ3) is 2.52. The smallest absolute Gasteiger partial charge is 0.229 e. The minimum absolute atomic E-state index is 0.385. The molecule has 3 rings (SSSR count). The molecule has 0 saturated carbocycles. The first kappa shape index (κ1) is 13.0. The summed E-state index contributed by atoms with van der Waals surface area (Å²) in [6, 6.07) is 0. The van der Waals surface area contributed by atoms with Gasteiger partial charge in [-0.25, -0.2) is 0 Å². The van der Waals surface area contributed by atoms with Crippen molar-refractivity contribution in [3.05, 3.63) is 11.7 Å². The van der Waals surface area contributed by atoms with Gasteiger partial charge in [-0.2, -0.15) is 4.98 Å². The molecule has 0 aromatic carbocycles. The summed E-state index contributed by atoms with van der Waals surface area (Å²) in [5.74, 6) is 1.84. The lowest BCUT2D eigenvalue weighted by Gasteiger charge is -2.32. The summed E-state index contributed by atoms with van der Waals surface area (Å²) in [6.45, 7) is 3.41. The SMILES string of the molecule is COC1(c2noc(C3CCNCC3)n2)CCOCC1. The highest BCUT2D eigenvalue weighted by atomic mass is 16.5. The van der Waals surface area contributed by atoms with Crippen LogP contribution in [0.4, 0.5) is 0 Å². The van der Waals surface area contributed by atoms with Crippen molar-refractivity contribution in [3.8, 4) is 0 Å². The standard InChI is InChI=1S/C13H21N3O3/c1-17-13(4-8-18-9-5-13)12-15-11(19-16-12)10-2-6-14-7-3-10/h10,14H,2-9H2,1H3. The highest BCUT2D eigenvalue weighted by Gasteiger charge is 2.39. The van der Waals surface area contributed by atoms with Crippen molar-refractivity contribution in [1.29, 1.82) is 0 Å². The second-order valence-corrected chi connectivity index (χ2v) is 5.29. The third-order valence-corrected chi connectivity index (χ3v) is 4.23. The molecule has 19 heavy (non-hydrogen) atoms. The van der Waals surface area contributed by atoms with Gasteiger partial charge < -0.3 is 19.3 Å². The van der Waals surface area contributed by atoms with E-state index in [0.29, 0.717) is 25.0 Å². The maximum absolute atomic E-state index is 5.69. The largest absolute Gasteiger partial charge is 0.381 e. The summed E-state index contributed by atoms with van der Waals surface area (Å²) >= 11 is 0. The Labute approximate surface area is 112 Å². The van der Waals surface area contributed by atoms with Crippen LogP contribution in [0.2, 0.25) is 0 Å². The molecule has 0 radical (unpaired) electrons. The Balaban J connectivity index is 1.79. The van der Waals surface area contributed by atoms with Gasteiger partial charge in [0.15, 0.2) is 0 Å². The van der Waals surface area contributed by atoms with Gasteiger partial charge >= 0.3 is 0 Å². The first-order chi connectivity index (χ1) is 9.34. The van der Waals surface area contributed by atoms with Gasteiger partial charge in [-0.1, -0.05) is 5.16 Å². The number of hydrogen-bond acceptors (Lipinski definition) is 6. The van der Waals surface area contributed by atoms with Gasteiger partial charge in [-0.3, -0.25) is 0 Å². The normalized spacial score (nSPS) is 24.5. The number of ether oxygens (including phenoxy) is 2. The van der Waals surface area contributed by atoms with E-state index in [0.717, 1.165) is 44.7 Å². The minimum Gasteiger partial charge on any atom is -0.381 e. The molecule has 2 aliphatic heterocycles. The van der Waals surface area contributed by atoms with E-state index < -0.39 is 5.60 Å². The molecular formula is C13H21N3O3. The van der Waals surface area contributed by atoms with Crippen molar-refractivity contribution in [2.75, 3.05) is 33.4 Å². The first-order valence-electron chi connectivity index (χ1n) is 7.02. The highest BCUT2D eigenvalue weighted by molar-refractivity contribution is 5.05. The zero-order valence-electron chi connectivity index (χ0n) is 11.4. The monoisotopic (exact) mass is 267 g/mol. The lowest BCUT2D eigenvalue weighted by molar-refractivity contribution is -0.101. The van der Waals surface area contributed by atoms with E-state index in [1.54, 1.807) is 7.11 Å². The minimum atomic E-state index is -0.424. The zero-order chi connectivity index (χ0) is 13.1. The molecule has 2 saturated heterocycles. The van der Waals surface area contributed by atoms with E-state index >= 15 is 0 Å². The molecule has 1 aromatic heterocycles. The van der Waals surface area contributed by atoms with Crippen molar-refractivity contribution in [3.63, 3.8) is 0 Å². The van der Waals surface area contributed by atoms with Crippen LogP contribution in [-0.2, 0) is 15.1 Å². The molecule has 1 N–H and O–H groups in total. The quantitative estimate of drug-likeness (QED) is 0.887. The number of piperidine rings is 1. The zero-order valence-corrected chi connectivity index (χ0v) is 11.4. The Bertz CT molecular complexity index is 409. The first-order valence-corrected chi connectivity index (χ1v) is 7.02. The summed E-state index contributed by atoms with van der Waals surface area (Å²) in [6.07, 6.45) is 3.69. The molecule has 2 aliphatic rings. The number of methoxy groups -OCH3 is 1. The van der Waals surface area contributed by atoms with Crippen molar-refractivity contribution >= 4 is 0 Å². The van der Waals surface area contributed by atoms with E-state index in [-0.39, 0.29) is 0 Å². The van der Waals surface area contributed by atoms with Crippen LogP contribution in [0.3, 0.4) is 0 Å². The molecular weight excluding hydrogens is 246 g/mol. The summed E-state index contributed by atoms with van der Waals surface area (Å²) in [5, 5.41) is 7.51. The third-order valence-electron chi connectivity index (χ3n) is 4.23. The van der Waals surface area contributed by atoms with Crippen molar-refractivity contribution in [2.45, 2.75) is 37.2 Å². The Morgan fingerprint density at radius 3 is 2.68 bits per heavy atom. The van der Waals surface area contributed by atoms with E-state index in [4.69, 9.17) is 14.0 Å². The van der Waals surface area contributed by atoms with Crippen LogP contribution in [-0.4, -0.2) is 43.6 Å². The predicted molar refractivity (Wildman–Crippen MR) is 67.9 cm³/mol. The van der Waals surface area contributed by atoms with Gasteiger partial charge in [0.2, 0.25) is 11.7 Å². The van der Waals surface area contributed by atoms with E-state index in [2.05, 4.69) is 15.5 Å². The van der Waals surface area contributed by atoms with Crippen LogP contribution in [0.25, 0.3) is 0 Å². The van der Waals surface area contributed by atoms with Gasteiger partial charge in [-0.05, 0) is 25.9 Å². The maximum atomic E-state index is 5.69. The maximum Gasteiger partial charge on any atom is 0.229 e. The number of hydrogen-bond donors (Lipinski definition) is 1. The summed E-state index contributed by atoms with van der Waals surface area (Å²) in [4.78, 5) is 4.61. The number of nitrogens with one attached hydrogen (secondary N) is 1. The van der Waals surface area contributed by atoms with E-state index in [9.17, 15) is 0 Å². The molecule has 0 spiro atoms. The van der Waals surface area contributed by atoms with Crippen LogP contribution >= 0.6 is 0 Å².